The molecule has 34 heteroatoms. The summed E-state index contributed by atoms with van der Waals surface area (Å²) in [7, 11) is 0. The topological polar surface area (TPSA) is 525 Å². The van der Waals surface area contributed by atoms with Crippen molar-refractivity contribution in [3.63, 3.8) is 0 Å². The second-order valence-corrected chi connectivity index (χ2v) is 24.4. The summed E-state index contributed by atoms with van der Waals surface area (Å²) < 4.78 is 33.8. The van der Waals surface area contributed by atoms with E-state index >= 15 is 0 Å². The lowest BCUT2D eigenvalue weighted by atomic mass is 9.84. The van der Waals surface area contributed by atoms with Gasteiger partial charge in [-0.2, -0.15) is 0 Å². The molecule has 0 spiro atoms. The van der Waals surface area contributed by atoms with Gasteiger partial charge in [0.1, 0.15) is 73.1 Å². The standard InChI is InChI=1S/C61H110N10O24/c1-37(75)69-49-55(87)52(84)40(34-72)93-58(49)90-31-10-4-7-16-43(78)63-25-13-28-66-46(81)19-22-61(62,23-20-47(82)67-29-14-26-64-44(79)17-8-5-11-32-91-59-50(70-38(2)76)56(88)53(85)41(35-73)94-59)24-21-48(83)68-30-15-27-65-45(80)18-9-6-12-33-92-60-51(71-39(3)77)57(89)54(86)42(36-74)95-60/h40-42,49-60,72-74,84-89H,4-36,62H2,1-3H3,(H,63,78)(H,64,79)(H,65,80)(H,66,81)(H,67,82)(H,68,83)(H,69,75)(H,70,76)(H,71,77)/t40-,41-,42-,49-,50-,51-,52-,53+,54+,55-,56-,57-,58+,59+,60+/m1/s1. The van der Waals surface area contributed by atoms with Crippen molar-refractivity contribution in [3.8, 4) is 0 Å². The Balaban J connectivity index is 1.37. The van der Waals surface area contributed by atoms with Crippen molar-refractivity contribution in [1.82, 2.24) is 47.9 Å². The van der Waals surface area contributed by atoms with Crippen molar-refractivity contribution >= 4 is 53.2 Å². The molecule has 3 aliphatic heterocycles. The Hall–Kier alpha value is -5.41. The Labute approximate surface area is 554 Å². The Morgan fingerprint density at radius 1 is 0.347 bits per heavy atom. The van der Waals surface area contributed by atoms with Crippen molar-refractivity contribution in [2.24, 2.45) is 5.73 Å². The highest BCUT2D eigenvalue weighted by Gasteiger charge is 2.48. The molecule has 3 saturated heterocycles. The third kappa shape index (κ3) is 33.1. The third-order valence-electron chi connectivity index (χ3n) is 16.3. The van der Waals surface area contributed by atoms with Crippen LogP contribution in [0.4, 0.5) is 0 Å². The second kappa shape index (κ2) is 46.7. The van der Waals surface area contributed by atoms with Crippen LogP contribution in [0.15, 0.2) is 0 Å². The van der Waals surface area contributed by atoms with Crippen LogP contribution in [0.2, 0.25) is 0 Å². The van der Waals surface area contributed by atoms with Gasteiger partial charge in [-0.15, -0.1) is 0 Å². The third-order valence-corrected chi connectivity index (χ3v) is 16.3. The first kappa shape index (κ1) is 83.8. The van der Waals surface area contributed by atoms with Gasteiger partial charge in [0.2, 0.25) is 53.2 Å². The number of rotatable bonds is 48. The zero-order chi connectivity index (χ0) is 70.3. The average molecular weight is 1370 g/mol. The number of aliphatic hydroxyl groups is 9. The summed E-state index contributed by atoms with van der Waals surface area (Å²) in [6, 6.07) is -3.16. The van der Waals surface area contributed by atoms with Crippen LogP contribution in [0.3, 0.4) is 0 Å². The molecule has 34 nitrogen and oxygen atoms in total. The van der Waals surface area contributed by atoms with E-state index in [2.05, 4.69) is 47.9 Å². The number of nitrogens with one attached hydrogen (secondary N) is 9. The van der Waals surface area contributed by atoms with Crippen LogP contribution in [0.25, 0.3) is 0 Å². The minimum Gasteiger partial charge on any atom is -0.394 e. The van der Waals surface area contributed by atoms with Crippen molar-refractivity contribution < 1.29 is 118 Å². The Bertz CT molecular complexity index is 2060. The first-order valence-electron chi connectivity index (χ1n) is 33.3. The predicted molar refractivity (Wildman–Crippen MR) is 336 cm³/mol. The number of amides is 9. The Kier molecular flexibility index (Phi) is 41.2. The minimum atomic E-state index is -1.43. The van der Waals surface area contributed by atoms with E-state index in [0.717, 1.165) is 0 Å². The molecule has 0 radical (unpaired) electrons. The summed E-state index contributed by atoms with van der Waals surface area (Å²) in [6.45, 7) is 4.12. The summed E-state index contributed by atoms with van der Waals surface area (Å²) in [6.07, 6.45) is -7.92. The zero-order valence-corrected chi connectivity index (χ0v) is 55.2. The normalized spacial score (nSPS) is 25.9. The molecule has 0 saturated carbocycles. The first-order valence-corrected chi connectivity index (χ1v) is 33.3. The van der Waals surface area contributed by atoms with Gasteiger partial charge in [-0.1, -0.05) is 19.3 Å². The van der Waals surface area contributed by atoms with E-state index in [1.807, 2.05) is 0 Å². The van der Waals surface area contributed by atoms with Crippen molar-refractivity contribution in [1.29, 1.82) is 0 Å². The molecule has 0 bridgehead atoms. The van der Waals surface area contributed by atoms with E-state index in [0.29, 0.717) is 96.7 Å². The summed E-state index contributed by atoms with van der Waals surface area (Å²) in [5.74, 6) is -2.93. The maximum atomic E-state index is 13.1. The molecule has 0 aliphatic carbocycles. The summed E-state index contributed by atoms with van der Waals surface area (Å²) in [5.41, 5.74) is 5.75. The molecule has 3 aliphatic rings. The lowest BCUT2D eigenvalue weighted by molar-refractivity contribution is -0.270. The Morgan fingerprint density at radius 3 is 0.800 bits per heavy atom. The summed E-state index contributed by atoms with van der Waals surface area (Å²) in [5, 5.41) is 115. The number of hydrogen-bond acceptors (Lipinski definition) is 25. The van der Waals surface area contributed by atoms with Gasteiger partial charge >= 0.3 is 0 Å². The molecule has 3 fully saturated rings. The van der Waals surface area contributed by atoms with Gasteiger partial charge in [0.15, 0.2) is 18.9 Å². The SMILES string of the molecule is CC(=O)N[C@H]1[C@@H](OCCCCCC(=O)NCCCNC(=O)CCC(N)(CCC(=O)NCCCNC(=O)CCCCCO[C@H]2O[C@H](CO)[C@H](O)[C@H](O)[C@H]2NC(C)=O)CCC(=O)NCCCNC(=O)CCCCCO[C@H]2O[C@H](CO)[C@@H](O)[C@H](O)[C@H]2NC(C)=O)O[C@H](CO)[C@H](O)[C@@H]1O. The molecule has 9 amide bonds. The van der Waals surface area contributed by atoms with Gasteiger partial charge in [-0.25, -0.2) is 0 Å². The molecule has 95 heavy (non-hydrogen) atoms. The molecule has 0 aromatic rings. The molecule has 548 valence electrons. The maximum absolute atomic E-state index is 13.1. The predicted octanol–water partition coefficient (Wildman–Crippen LogP) is -5.55. The highest BCUT2D eigenvalue weighted by atomic mass is 16.7. The number of aliphatic hydroxyl groups excluding tert-OH is 9. The monoisotopic (exact) mass is 1370 g/mol. The Morgan fingerprint density at radius 2 is 0.579 bits per heavy atom. The number of carbonyl (C=O) groups excluding carboxylic acids is 9. The molecule has 3 heterocycles. The number of hydrogen-bond donors (Lipinski definition) is 19. The van der Waals surface area contributed by atoms with Crippen LogP contribution >= 0.6 is 0 Å². The lowest BCUT2D eigenvalue weighted by Crippen LogP contribution is -2.64. The highest BCUT2D eigenvalue weighted by molar-refractivity contribution is 5.79. The van der Waals surface area contributed by atoms with Crippen LogP contribution in [0.1, 0.15) is 156 Å². The maximum Gasteiger partial charge on any atom is 0.220 e. The van der Waals surface area contributed by atoms with E-state index in [9.17, 15) is 89.1 Å². The van der Waals surface area contributed by atoms with E-state index in [1.165, 1.54) is 20.8 Å². The van der Waals surface area contributed by atoms with E-state index in [4.69, 9.17) is 34.2 Å². The molecule has 3 rings (SSSR count). The number of unbranched alkanes of at least 4 members (excludes halogenated alkanes) is 6. The summed E-state index contributed by atoms with van der Waals surface area (Å²) in [4.78, 5) is 112. The molecule has 15 atom stereocenters. The molecular weight excluding hydrogens is 1260 g/mol. The zero-order valence-electron chi connectivity index (χ0n) is 55.2. The minimum absolute atomic E-state index is 0.0151. The van der Waals surface area contributed by atoms with E-state index in [1.54, 1.807) is 0 Å². The van der Waals surface area contributed by atoms with Crippen LogP contribution in [-0.4, -0.2) is 276 Å². The van der Waals surface area contributed by atoms with Crippen LogP contribution in [0, 0.1) is 0 Å². The van der Waals surface area contributed by atoms with Crippen molar-refractivity contribution in [2.75, 3.05) is 78.9 Å². The first-order chi connectivity index (χ1) is 45.3. The molecule has 20 N–H and O–H groups in total. The quantitative estimate of drug-likeness (QED) is 0.0253. The van der Waals surface area contributed by atoms with Gasteiger partial charge in [-0.05, 0) is 77.0 Å². The highest BCUT2D eigenvalue weighted by Crippen LogP contribution is 2.27. The van der Waals surface area contributed by atoms with Gasteiger partial charge < -0.3 is 128 Å². The molecule has 0 aromatic carbocycles. The fourth-order valence-corrected chi connectivity index (χ4v) is 10.8. The van der Waals surface area contributed by atoms with Crippen LogP contribution in [0.5, 0.6) is 0 Å². The largest absolute Gasteiger partial charge is 0.394 e. The fraction of sp³-hybridized carbons (Fsp3) is 0.852. The fourth-order valence-electron chi connectivity index (χ4n) is 10.8. The molecule has 0 unspecified atom stereocenters. The lowest BCUT2D eigenvalue weighted by Gasteiger charge is -2.42. The van der Waals surface area contributed by atoms with E-state index in [-0.39, 0.29) is 133 Å². The van der Waals surface area contributed by atoms with Gasteiger partial charge in [0.25, 0.3) is 0 Å². The van der Waals surface area contributed by atoms with Crippen LogP contribution in [-0.2, 0) is 71.6 Å². The van der Waals surface area contributed by atoms with Gasteiger partial charge in [0, 0.05) is 124 Å². The van der Waals surface area contributed by atoms with E-state index < -0.39 is 135 Å². The smallest absolute Gasteiger partial charge is 0.220 e. The average Bonchev–Trinajstić information content (AvgIpc) is 0.844. The molecular formula is C61H110N10O24. The van der Waals surface area contributed by atoms with Gasteiger partial charge in [0.05, 0.1) is 19.8 Å². The second-order valence-electron chi connectivity index (χ2n) is 24.4. The summed E-state index contributed by atoms with van der Waals surface area (Å²) >= 11 is 0. The molecule has 0 aromatic heterocycles. The van der Waals surface area contributed by atoms with Crippen molar-refractivity contribution in [3.05, 3.63) is 0 Å². The number of ether oxygens (including phenoxy) is 6. The number of nitrogens with two attached hydrogens (primary N) is 1. The van der Waals surface area contributed by atoms with Crippen molar-refractivity contribution in [2.45, 2.75) is 253 Å². The number of carbonyl (C=O) groups is 9. The van der Waals surface area contributed by atoms with Gasteiger partial charge in [-0.3, -0.25) is 43.2 Å². The van der Waals surface area contributed by atoms with Crippen LogP contribution < -0.4 is 53.6 Å².